The highest BCUT2D eigenvalue weighted by molar-refractivity contribution is 6.02. The van der Waals surface area contributed by atoms with E-state index in [0.717, 1.165) is 17.1 Å². The van der Waals surface area contributed by atoms with Crippen molar-refractivity contribution < 1.29 is 38.2 Å². The fraction of sp³-hybridized carbons (Fsp3) is 0.211. The van der Waals surface area contributed by atoms with Gasteiger partial charge in [-0.15, -0.1) is 10.2 Å². The van der Waals surface area contributed by atoms with Crippen LogP contribution in [0.1, 0.15) is 13.8 Å². The van der Waals surface area contributed by atoms with Gasteiger partial charge in [-0.1, -0.05) is 24.3 Å². The highest BCUT2D eigenvalue weighted by Gasteiger charge is 2.03. The first-order chi connectivity index (χ1) is 12.0. The first-order valence-corrected chi connectivity index (χ1v) is 8.93. The van der Waals surface area contributed by atoms with E-state index in [-0.39, 0.29) is 0 Å². The van der Waals surface area contributed by atoms with Gasteiger partial charge in [-0.2, -0.15) is 0 Å². The Balaban J connectivity index is 0.000000597. The minimum atomic E-state index is -4.94. The molecule has 0 radical (unpaired) electrons. The second kappa shape index (κ2) is 10.1. The zero-order valence-electron chi connectivity index (χ0n) is 15.1. The first kappa shape index (κ1) is 21.8. The lowest BCUT2D eigenvalue weighted by Crippen LogP contribution is -2.68. The van der Waals surface area contributed by atoms with Crippen LogP contribution >= 0.6 is 0 Å². The van der Waals surface area contributed by atoms with Gasteiger partial charge in [0.1, 0.15) is 25.6 Å². The van der Waals surface area contributed by atoms with E-state index < -0.39 is 10.2 Å². The Labute approximate surface area is 155 Å². The Morgan fingerprint density at radius 3 is 1.65 bits per heavy atom. The molecule has 0 saturated carbocycles. The summed E-state index contributed by atoms with van der Waals surface area (Å²) in [5, 5.41) is 0. The predicted molar refractivity (Wildman–Crippen MR) is 89.3 cm³/mol. The molecule has 0 unspecified atom stereocenters. The molecule has 0 spiro atoms. The number of hydrogen-bond acceptors (Lipinski definition) is 5. The van der Waals surface area contributed by atoms with E-state index in [1.165, 1.54) is 11.3 Å². The molecule has 1 aliphatic heterocycles. The molecule has 7 heteroatoms. The Hall–Kier alpha value is -2.22. The molecule has 0 aromatic carbocycles. The van der Waals surface area contributed by atoms with E-state index >= 15 is 0 Å². The van der Waals surface area contributed by atoms with Crippen LogP contribution in [-0.2, 0) is 4.74 Å². The van der Waals surface area contributed by atoms with Gasteiger partial charge in [0.15, 0.2) is 5.71 Å². The van der Waals surface area contributed by atoms with E-state index in [4.69, 9.17) is 23.4 Å². The number of hydrogen-bond donors (Lipinski definition) is 0. The van der Waals surface area contributed by atoms with Crippen molar-refractivity contribution in [3.63, 3.8) is 0 Å². The maximum Gasteiger partial charge on any atom is 0.199 e. The summed E-state index contributed by atoms with van der Waals surface area (Å²) in [5.41, 5.74) is 3.56. The van der Waals surface area contributed by atoms with Gasteiger partial charge in [0.2, 0.25) is 0 Å². The van der Waals surface area contributed by atoms with Gasteiger partial charge in [0.25, 0.3) is 0 Å². The van der Waals surface area contributed by atoms with E-state index in [9.17, 15) is 0 Å². The molecular weight excluding hydrogens is 358 g/mol. The maximum absolute atomic E-state index is 8.49. The zero-order chi connectivity index (χ0) is 19.7. The predicted octanol–water partition coefficient (Wildman–Crippen LogP) is -0.684. The average molecular weight is 380 g/mol. The lowest BCUT2D eigenvalue weighted by Gasteiger charge is -2.17. The molecule has 6 nitrogen and oxygen atoms in total. The monoisotopic (exact) mass is 379 g/mol. The average Bonchev–Trinajstić information content (AvgIpc) is 2.49. The Kier molecular flexibility index (Phi) is 8.44. The molecule has 0 N–H and O–H groups in total. The lowest BCUT2D eigenvalue weighted by molar-refractivity contribution is -2.00. The van der Waals surface area contributed by atoms with Crippen molar-refractivity contribution in [2.75, 3.05) is 14.1 Å². The second-order valence-electron chi connectivity index (χ2n) is 5.69. The van der Waals surface area contributed by atoms with E-state index in [1.807, 2.05) is 46.2 Å². The van der Waals surface area contributed by atoms with Gasteiger partial charge < -0.3 is 4.74 Å². The molecule has 0 amide bonds. The van der Waals surface area contributed by atoms with E-state index in [1.54, 1.807) is 0 Å². The summed E-state index contributed by atoms with van der Waals surface area (Å²) in [6.45, 7) is 3.93. The molecule has 2 rings (SSSR count). The van der Waals surface area contributed by atoms with Gasteiger partial charge in [0.05, 0.1) is 0 Å². The second-order valence-corrected chi connectivity index (χ2v) is 6.45. The molecule has 0 atom stereocenters. The summed E-state index contributed by atoms with van der Waals surface area (Å²) < 4.78 is 41.5. The van der Waals surface area contributed by atoms with Crippen molar-refractivity contribution in [1.82, 2.24) is 0 Å². The molecule has 0 aromatic rings. The van der Waals surface area contributed by atoms with Crippen molar-refractivity contribution >= 4 is 5.71 Å². The smallest absolute Gasteiger partial charge is 0.199 e. The van der Waals surface area contributed by atoms with Gasteiger partial charge in [-0.25, -0.2) is 23.2 Å². The van der Waals surface area contributed by atoms with E-state index in [0.29, 0.717) is 0 Å². The molecule has 26 heavy (non-hydrogen) atoms. The van der Waals surface area contributed by atoms with Gasteiger partial charge >= 0.3 is 0 Å². The topological polar surface area (TPSA) is 104 Å². The van der Waals surface area contributed by atoms with Gasteiger partial charge in [-0.05, 0) is 49.3 Å². The van der Waals surface area contributed by atoms with Crippen LogP contribution in [0, 0.1) is 10.2 Å². The lowest BCUT2D eigenvalue weighted by atomic mass is 10.1. The Bertz CT molecular complexity index is 711. The molecular formula is C19H22ClNO5. The van der Waals surface area contributed by atoms with Crippen molar-refractivity contribution in [2.45, 2.75) is 13.8 Å². The molecule has 1 aliphatic carbocycles. The van der Waals surface area contributed by atoms with E-state index in [2.05, 4.69) is 47.1 Å². The first-order valence-electron chi connectivity index (χ1n) is 7.70. The molecule has 140 valence electrons. The number of allylic oxidation sites excluding steroid dienone is 14. The standard InChI is InChI=1S/C19H22NO.ClHO4/c1-15-13-18(14-16(2)21-15)8-6-5-7-17-9-11-19(12-10-17)20(3)4;2-1(3,4)5/h5-14H,1-4H3;(H,2,3,4,5)/q+1;/p-1/b6-5-;. The number of rotatable bonds is 2. The van der Waals surface area contributed by atoms with Crippen LogP contribution in [0.15, 0.2) is 83.4 Å². The van der Waals surface area contributed by atoms with Crippen LogP contribution in [0.5, 0.6) is 0 Å². The highest BCUT2D eigenvalue weighted by atomic mass is 35.7. The molecule has 0 saturated heterocycles. The van der Waals surface area contributed by atoms with Crippen LogP contribution in [0.25, 0.3) is 0 Å². The van der Waals surface area contributed by atoms with Crippen LogP contribution < -0.4 is 18.6 Å². The van der Waals surface area contributed by atoms with Crippen LogP contribution in [0.4, 0.5) is 0 Å². The summed E-state index contributed by atoms with van der Waals surface area (Å²) in [6.07, 6.45) is 20.8. The number of halogens is 1. The molecule has 1 heterocycles. The van der Waals surface area contributed by atoms with Crippen LogP contribution in [0.2, 0.25) is 0 Å². The van der Waals surface area contributed by atoms with Gasteiger partial charge in [-0.3, -0.25) is 0 Å². The summed E-state index contributed by atoms with van der Waals surface area (Å²) in [5.74, 6) is 1.86. The Morgan fingerprint density at radius 1 is 0.808 bits per heavy atom. The summed E-state index contributed by atoms with van der Waals surface area (Å²) in [6, 6.07) is 0. The SMILES string of the molecule is CC1=CC(=C/C=C\C=C2C=CC(=[N+](C)C)C=C2)C=C(C)O1.[O-][Cl+3]([O-])([O-])[O-]. The maximum atomic E-state index is 8.49. The van der Waals surface area contributed by atoms with Crippen LogP contribution in [-0.4, -0.2) is 24.4 Å². The third kappa shape index (κ3) is 9.93. The van der Waals surface area contributed by atoms with Crippen molar-refractivity contribution in [3.8, 4) is 0 Å². The van der Waals surface area contributed by atoms with Crippen molar-refractivity contribution in [1.29, 1.82) is 0 Å². The quantitative estimate of drug-likeness (QED) is 0.591. The Morgan fingerprint density at radius 2 is 1.23 bits per heavy atom. The third-order valence-electron chi connectivity index (χ3n) is 3.16. The fourth-order valence-electron chi connectivity index (χ4n) is 2.14. The summed E-state index contributed by atoms with van der Waals surface area (Å²) >= 11 is 0. The summed E-state index contributed by atoms with van der Waals surface area (Å²) in [7, 11) is -0.854. The van der Waals surface area contributed by atoms with Crippen LogP contribution in [0.3, 0.4) is 0 Å². The normalized spacial score (nSPS) is 16.5. The highest BCUT2D eigenvalue weighted by Crippen LogP contribution is 2.18. The minimum Gasteiger partial charge on any atom is -0.467 e. The molecule has 0 bridgehead atoms. The zero-order valence-corrected chi connectivity index (χ0v) is 15.9. The molecule has 2 aliphatic rings. The van der Waals surface area contributed by atoms with Crippen molar-refractivity contribution in [2.24, 2.45) is 0 Å². The van der Waals surface area contributed by atoms with Crippen molar-refractivity contribution in [3.05, 3.63) is 83.4 Å². The largest absolute Gasteiger partial charge is 0.467 e. The third-order valence-corrected chi connectivity index (χ3v) is 3.16. The fourth-order valence-corrected chi connectivity index (χ4v) is 2.14. The number of ether oxygens (including phenoxy) is 1. The number of nitrogens with zero attached hydrogens (tertiary/aromatic N) is 1. The molecule has 0 fully saturated rings. The van der Waals surface area contributed by atoms with Gasteiger partial charge in [0, 0.05) is 12.2 Å². The summed E-state index contributed by atoms with van der Waals surface area (Å²) in [4.78, 5) is 0. The molecule has 0 aromatic heterocycles. The minimum absolute atomic E-state index is 0.929.